The number of halogens is 1. The molecular weight excluding hydrogens is 415 g/mol. The highest BCUT2D eigenvalue weighted by atomic mass is 127. The number of hydrogen-bond donors (Lipinski definition) is 2. The van der Waals surface area contributed by atoms with Crippen molar-refractivity contribution >= 4 is 35.6 Å². The molecule has 0 amide bonds. The highest BCUT2D eigenvalue weighted by Crippen LogP contribution is 2.21. The number of guanidine groups is 1. The molecular formula is C18H33IN4O. The lowest BCUT2D eigenvalue weighted by Gasteiger charge is -2.24. The van der Waals surface area contributed by atoms with Crippen molar-refractivity contribution in [3.8, 4) is 0 Å². The fourth-order valence-electron chi connectivity index (χ4n) is 2.10. The summed E-state index contributed by atoms with van der Waals surface area (Å²) in [5, 5.41) is 6.62. The molecule has 0 saturated heterocycles. The molecule has 6 heteroatoms. The molecule has 0 fully saturated rings. The Morgan fingerprint density at radius 1 is 1.25 bits per heavy atom. The Hall–Kier alpha value is -1.02. The minimum Gasteiger partial charge on any atom is -0.377 e. The van der Waals surface area contributed by atoms with Crippen molar-refractivity contribution in [2.24, 2.45) is 4.99 Å². The van der Waals surface area contributed by atoms with Crippen LogP contribution in [-0.4, -0.2) is 45.9 Å². The van der Waals surface area contributed by atoms with Gasteiger partial charge in [-0.2, -0.15) is 0 Å². The summed E-state index contributed by atoms with van der Waals surface area (Å²) in [5.74, 6) is 0.808. The summed E-state index contributed by atoms with van der Waals surface area (Å²) < 4.78 is 5.44. The summed E-state index contributed by atoms with van der Waals surface area (Å²) in [5.41, 5.74) is 3.45. The van der Waals surface area contributed by atoms with Gasteiger partial charge in [0.1, 0.15) is 0 Å². The van der Waals surface area contributed by atoms with Gasteiger partial charge in [-0.3, -0.25) is 0 Å². The van der Waals surface area contributed by atoms with Crippen molar-refractivity contribution in [2.75, 3.05) is 39.2 Å². The highest BCUT2D eigenvalue weighted by molar-refractivity contribution is 14.0. The fourth-order valence-corrected chi connectivity index (χ4v) is 2.10. The second kappa shape index (κ2) is 10.8. The van der Waals surface area contributed by atoms with Crippen LogP contribution in [0.4, 0.5) is 5.69 Å². The molecule has 24 heavy (non-hydrogen) atoms. The number of nitrogens with one attached hydrogen (secondary N) is 2. The Kier molecular flexibility index (Phi) is 10.3. The largest absolute Gasteiger partial charge is 0.377 e. The molecule has 1 aromatic carbocycles. The molecule has 0 radical (unpaired) electrons. The molecule has 1 aromatic rings. The van der Waals surface area contributed by atoms with E-state index >= 15 is 0 Å². The molecule has 0 aliphatic heterocycles. The maximum Gasteiger partial charge on any atom is 0.191 e. The number of benzene rings is 1. The number of rotatable bonds is 7. The third-order valence-electron chi connectivity index (χ3n) is 3.71. The lowest BCUT2D eigenvalue weighted by atomic mass is 10.1. The molecule has 2 N–H and O–H groups in total. The number of nitrogens with zero attached hydrogens (tertiary/aromatic N) is 2. The van der Waals surface area contributed by atoms with E-state index in [-0.39, 0.29) is 29.6 Å². The van der Waals surface area contributed by atoms with Crippen LogP contribution in [0, 0.1) is 6.92 Å². The van der Waals surface area contributed by atoms with Crippen molar-refractivity contribution < 1.29 is 4.74 Å². The smallest absolute Gasteiger partial charge is 0.191 e. The first-order chi connectivity index (χ1) is 10.8. The van der Waals surface area contributed by atoms with Gasteiger partial charge in [-0.05, 0) is 44.9 Å². The quantitative estimate of drug-likeness (QED) is 0.382. The van der Waals surface area contributed by atoms with Gasteiger partial charge < -0.3 is 20.3 Å². The fraction of sp³-hybridized carbons (Fsp3) is 0.611. The summed E-state index contributed by atoms with van der Waals surface area (Å²) in [4.78, 5) is 6.84. The Balaban J connectivity index is 0.00000529. The second-order valence-electron chi connectivity index (χ2n) is 6.54. The van der Waals surface area contributed by atoms with Crippen molar-refractivity contribution in [2.45, 2.75) is 39.8 Å². The third-order valence-corrected chi connectivity index (χ3v) is 3.71. The number of aliphatic imine (C=N–C) groups is 1. The Morgan fingerprint density at radius 3 is 2.46 bits per heavy atom. The number of anilines is 1. The van der Waals surface area contributed by atoms with E-state index in [9.17, 15) is 0 Å². The van der Waals surface area contributed by atoms with Gasteiger partial charge in [0.2, 0.25) is 0 Å². The lowest BCUT2D eigenvalue weighted by Crippen LogP contribution is -2.45. The van der Waals surface area contributed by atoms with Gasteiger partial charge in [0, 0.05) is 40.0 Å². The summed E-state index contributed by atoms with van der Waals surface area (Å²) in [6, 6.07) is 6.47. The van der Waals surface area contributed by atoms with E-state index in [1.54, 1.807) is 7.11 Å². The molecule has 0 heterocycles. The van der Waals surface area contributed by atoms with Crippen molar-refractivity contribution in [1.82, 2.24) is 10.6 Å². The number of aryl methyl sites for hydroxylation is 1. The van der Waals surface area contributed by atoms with E-state index in [2.05, 4.69) is 61.7 Å². The topological polar surface area (TPSA) is 48.9 Å². The van der Waals surface area contributed by atoms with Crippen LogP contribution in [0.5, 0.6) is 0 Å². The van der Waals surface area contributed by atoms with Crippen molar-refractivity contribution in [3.63, 3.8) is 0 Å². The SMILES string of the molecule is CCNC(=NCc1ccc(C)cc1N(C)C)NCC(C)(C)OC.I. The van der Waals surface area contributed by atoms with Gasteiger partial charge in [0.15, 0.2) is 5.96 Å². The van der Waals surface area contributed by atoms with Crippen LogP contribution in [0.1, 0.15) is 31.9 Å². The van der Waals surface area contributed by atoms with Gasteiger partial charge in [-0.15, -0.1) is 24.0 Å². The Bertz CT molecular complexity index is 530. The lowest BCUT2D eigenvalue weighted by molar-refractivity contribution is 0.0268. The predicted molar refractivity (Wildman–Crippen MR) is 115 cm³/mol. The molecule has 0 unspecified atom stereocenters. The van der Waals surface area contributed by atoms with E-state index < -0.39 is 0 Å². The van der Waals surface area contributed by atoms with Crippen LogP contribution >= 0.6 is 24.0 Å². The monoisotopic (exact) mass is 448 g/mol. The number of hydrogen-bond acceptors (Lipinski definition) is 3. The number of methoxy groups -OCH3 is 1. The highest BCUT2D eigenvalue weighted by Gasteiger charge is 2.16. The standard InChI is InChI=1S/C18H32N4O.HI/c1-8-19-17(21-13-18(3,4)23-7)20-12-15-10-9-14(2)11-16(15)22(5)6;/h9-11H,8,12-13H2,1-7H3,(H2,19,20,21);1H. The predicted octanol–water partition coefficient (Wildman–Crippen LogP) is 3.16. The molecule has 0 spiro atoms. The van der Waals surface area contributed by atoms with Crippen LogP contribution in [0.15, 0.2) is 23.2 Å². The van der Waals surface area contributed by atoms with Crippen molar-refractivity contribution in [1.29, 1.82) is 0 Å². The molecule has 138 valence electrons. The normalized spacial score (nSPS) is 11.7. The Labute approximate surface area is 164 Å². The van der Waals surface area contributed by atoms with Gasteiger partial charge in [-0.25, -0.2) is 4.99 Å². The molecule has 0 aliphatic rings. The van der Waals surface area contributed by atoms with Crippen LogP contribution < -0.4 is 15.5 Å². The first-order valence-electron chi connectivity index (χ1n) is 8.13. The average molecular weight is 448 g/mol. The summed E-state index contributed by atoms with van der Waals surface area (Å²) >= 11 is 0. The van der Waals surface area contributed by atoms with Crippen LogP contribution in [0.3, 0.4) is 0 Å². The Morgan fingerprint density at radius 2 is 1.92 bits per heavy atom. The van der Waals surface area contributed by atoms with Gasteiger partial charge in [0.25, 0.3) is 0 Å². The zero-order valence-corrected chi connectivity index (χ0v) is 18.4. The zero-order chi connectivity index (χ0) is 17.5. The molecule has 0 saturated carbocycles. The minimum absolute atomic E-state index is 0. The maximum absolute atomic E-state index is 5.44. The van der Waals surface area contributed by atoms with Gasteiger partial charge in [0.05, 0.1) is 12.1 Å². The van der Waals surface area contributed by atoms with E-state index in [1.807, 2.05) is 13.8 Å². The van der Waals surface area contributed by atoms with E-state index in [4.69, 9.17) is 9.73 Å². The first kappa shape index (κ1) is 23.0. The van der Waals surface area contributed by atoms with Crippen LogP contribution in [-0.2, 0) is 11.3 Å². The maximum atomic E-state index is 5.44. The third kappa shape index (κ3) is 7.70. The van der Waals surface area contributed by atoms with Crippen molar-refractivity contribution in [3.05, 3.63) is 29.3 Å². The van der Waals surface area contributed by atoms with Crippen LogP contribution in [0.25, 0.3) is 0 Å². The second-order valence-corrected chi connectivity index (χ2v) is 6.54. The molecule has 5 nitrogen and oxygen atoms in total. The molecule has 0 atom stereocenters. The average Bonchev–Trinajstić information content (AvgIpc) is 2.50. The molecule has 0 aliphatic carbocycles. The van der Waals surface area contributed by atoms with E-state index in [0.717, 1.165) is 12.5 Å². The molecule has 0 aromatic heterocycles. The van der Waals surface area contributed by atoms with Gasteiger partial charge in [-0.1, -0.05) is 12.1 Å². The minimum atomic E-state index is -0.227. The molecule has 1 rings (SSSR count). The van der Waals surface area contributed by atoms with Crippen LogP contribution in [0.2, 0.25) is 0 Å². The summed E-state index contributed by atoms with van der Waals surface area (Å²) in [7, 11) is 5.85. The summed E-state index contributed by atoms with van der Waals surface area (Å²) in [6.45, 7) is 10.4. The van der Waals surface area contributed by atoms with E-state index in [0.29, 0.717) is 13.1 Å². The van der Waals surface area contributed by atoms with Gasteiger partial charge >= 0.3 is 0 Å². The van der Waals surface area contributed by atoms with E-state index in [1.165, 1.54) is 16.8 Å². The number of ether oxygens (including phenoxy) is 1. The first-order valence-corrected chi connectivity index (χ1v) is 8.13. The summed E-state index contributed by atoms with van der Waals surface area (Å²) in [6.07, 6.45) is 0. The molecule has 0 bridgehead atoms. The zero-order valence-electron chi connectivity index (χ0n) is 16.1.